The van der Waals surface area contributed by atoms with Crippen molar-refractivity contribution in [3.8, 4) is 0 Å². The Balaban J connectivity index is 2.28. The Bertz CT molecular complexity index is 456. The monoisotopic (exact) mass is 283 g/mol. The molecular formula is C14H22ClN3O. The first-order valence-electron chi connectivity index (χ1n) is 6.81. The van der Waals surface area contributed by atoms with Crippen LogP contribution in [0, 0.1) is 6.92 Å². The zero-order valence-electron chi connectivity index (χ0n) is 12.1. The molecule has 0 aliphatic carbocycles. The number of hydrogen-bond donors (Lipinski definition) is 1. The number of hydrogen-bond acceptors (Lipinski definition) is 4. The molecular weight excluding hydrogens is 262 g/mol. The third-order valence-electron chi connectivity index (χ3n) is 3.48. The van der Waals surface area contributed by atoms with Crippen LogP contribution in [0.5, 0.6) is 0 Å². The molecule has 0 spiro atoms. The van der Waals surface area contributed by atoms with Gasteiger partial charge in [-0.1, -0.05) is 25.4 Å². The maximum Gasteiger partial charge on any atom is 0.137 e. The minimum Gasteiger partial charge on any atom is -0.379 e. The van der Waals surface area contributed by atoms with Crippen LogP contribution in [-0.4, -0.2) is 28.7 Å². The lowest BCUT2D eigenvalue weighted by molar-refractivity contribution is 0.0538. The fourth-order valence-corrected chi connectivity index (χ4v) is 2.38. The van der Waals surface area contributed by atoms with Gasteiger partial charge in [-0.15, -0.1) is 0 Å². The molecule has 1 fully saturated rings. The van der Waals surface area contributed by atoms with Gasteiger partial charge >= 0.3 is 0 Å². The number of ether oxygens (including phenoxy) is 1. The van der Waals surface area contributed by atoms with Crippen LogP contribution in [0.4, 0.5) is 5.82 Å². The maximum absolute atomic E-state index is 6.20. The van der Waals surface area contributed by atoms with Gasteiger partial charge in [0.05, 0.1) is 12.1 Å². The quantitative estimate of drug-likeness (QED) is 0.862. The summed E-state index contributed by atoms with van der Waals surface area (Å²) < 4.78 is 5.57. The fourth-order valence-electron chi connectivity index (χ4n) is 2.20. The van der Waals surface area contributed by atoms with Gasteiger partial charge in [-0.2, -0.15) is 0 Å². The Morgan fingerprint density at radius 2 is 2.11 bits per heavy atom. The molecule has 1 aliphatic rings. The zero-order chi connectivity index (χ0) is 14.0. The summed E-state index contributed by atoms with van der Waals surface area (Å²) in [6.07, 6.45) is 2.14. The first kappa shape index (κ1) is 14.5. The van der Waals surface area contributed by atoms with E-state index in [2.05, 4.69) is 36.1 Å². The lowest BCUT2D eigenvalue weighted by atomic mass is 9.95. The second-order valence-corrected chi connectivity index (χ2v) is 6.20. The molecule has 2 heterocycles. The molecule has 0 aromatic carbocycles. The number of nitrogens with zero attached hydrogens (tertiary/aromatic N) is 2. The van der Waals surface area contributed by atoms with Crippen molar-refractivity contribution in [2.24, 2.45) is 0 Å². The molecule has 1 aromatic rings. The van der Waals surface area contributed by atoms with Gasteiger partial charge in [0.2, 0.25) is 0 Å². The summed E-state index contributed by atoms with van der Waals surface area (Å²) in [6, 6.07) is 0. The van der Waals surface area contributed by atoms with Crippen molar-refractivity contribution in [2.75, 3.05) is 18.5 Å². The lowest BCUT2D eigenvalue weighted by Gasteiger charge is -2.35. The molecule has 0 bridgehead atoms. The lowest BCUT2D eigenvalue weighted by Crippen LogP contribution is -2.43. The van der Waals surface area contributed by atoms with Crippen molar-refractivity contribution in [3.05, 3.63) is 16.5 Å². The van der Waals surface area contributed by atoms with Gasteiger partial charge in [0.15, 0.2) is 0 Å². The van der Waals surface area contributed by atoms with Crippen LogP contribution in [-0.2, 0) is 4.74 Å². The smallest absolute Gasteiger partial charge is 0.137 e. The Labute approximate surface area is 119 Å². The fraction of sp³-hybridized carbons (Fsp3) is 0.714. The summed E-state index contributed by atoms with van der Waals surface area (Å²) in [7, 11) is 0. The minimum absolute atomic E-state index is 0.0745. The second kappa shape index (κ2) is 5.63. The molecule has 1 unspecified atom stereocenters. The highest BCUT2D eigenvalue weighted by molar-refractivity contribution is 6.30. The molecule has 1 N–H and O–H groups in total. The number of anilines is 1. The molecule has 2 rings (SSSR count). The van der Waals surface area contributed by atoms with E-state index in [1.807, 2.05) is 6.92 Å². The Kier molecular flexibility index (Phi) is 4.31. The van der Waals surface area contributed by atoms with Crippen molar-refractivity contribution < 1.29 is 4.74 Å². The van der Waals surface area contributed by atoms with E-state index in [0.717, 1.165) is 36.7 Å². The molecule has 106 valence electrons. The number of rotatable bonds is 3. The summed E-state index contributed by atoms with van der Waals surface area (Å²) in [5, 5.41) is 4.03. The SMILES string of the molecule is Cc1c(Cl)nc(C(C)C)nc1NC1(C)CCCOC1. The molecule has 1 saturated heterocycles. The molecule has 0 radical (unpaired) electrons. The highest BCUT2D eigenvalue weighted by Crippen LogP contribution is 2.28. The third kappa shape index (κ3) is 3.37. The molecule has 1 atom stereocenters. The normalized spacial score (nSPS) is 23.7. The van der Waals surface area contributed by atoms with E-state index in [0.29, 0.717) is 11.8 Å². The van der Waals surface area contributed by atoms with E-state index in [-0.39, 0.29) is 11.5 Å². The average molecular weight is 284 g/mol. The second-order valence-electron chi connectivity index (χ2n) is 5.84. The van der Waals surface area contributed by atoms with Crippen molar-refractivity contribution in [1.29, 1.82) is 0 Å². The van der Waals surface area contributed by atoms with Gasteiger partial charge in [0, 0.05) is 18.1 Å². The van der Waals surface area contributed by atoms with Crippen LogP contribution in [0.2, 0.25) is 5.15 Å². The van der Waals surface area contributed by atoms with Crippen LogP contribution in [0.25, 0.3) is 0 Å². The Hall–Kier alpha value is -0.870. The van der Waals surface area contributed by atoms with Crippen LogP contribution in [0.1, 0.15) is 50.9 Å². The first-order chi connectivity index (χ1) is 8.91. The highest BCUT2D eigenvalue weighted by Gasteiger charge is 2.29. The molecule has 5 heteroatoms. The molecule has 0 amide bonds. The van der Waals surface area contributed by atoms with Crippen molar-refractivity contribution in [1.82, 2.24) is 9.97 Å². The predicted molar refractivity (Wildman–Crippen MR) is 77.9 cm³/mol. The van der Waals surface area contributed by atoms with E-state index in [9.17, 15) is 0 Å². The van der Waals surface area contributed by atoms with Gasteiger partial charge in [-0.05, 0) is 26.7 Å². The van der Waals surface area contributed by atoms with E-state index in [4.69, 9.17) is 16.3 Å². The largest absolute Gasteiger partial charge is 0.379 e. The maximum atomic E-state index is 6.20. The zero-order valence-corrected chi connectivity index (χ0v) is 12.8. The van der Waals surface area contributed by atoms with E-state index < -0.39 is 0 Å². The number of nitrogens with one attached hydrogen (secondary N) is 1. The van der Waals surface area contributed by atoms with E-state index in [1.54, 1.807) is 0 Å². The van der Waals surface area contributed by atoms with Crippen LogP contribution < -0.4 is 5.32 Å². The summed E-state index contributed by atoms with van der Waals surface area (Å²) in [5.74, 6) is 1.86. The Morgan fingerprint density at radius 3 is 2.68 bits per heavy atom. The van der Waals surface area contributed by atoms with Gasteiger partial charge in [0.1, 0.15) is 16.8 Å². The van der Waals surface area contributed by atoms with E-state index in [1.165, 1.54) is 0 Å². The number of aromatic nitrogens is 2. The van der Waals surface area contributed by atoms with Crippen LogP contribution in [0.3, 0.4) is 0 Å². The van der Waals surface area contributed by atoms with Gasteiger partial charge in [-0.3, -0.25) is 0 Å². The highest BCUT2D eigenvalue weighted by atomic mass is 35.5. The molecule has 0 saturated carbocycles. The summed E-state index contributed by atoms with van der Waals surface area (Å²) in [4.78, 5) is 8.94. The first-order valence-corrected chi connectivity index (χ1v) is 7.19. The predicted octanol–water partition coefficient (Wildman–Crippen LogP) is 3.54. The summed E-state index contributed by atoms with van der Waals surface area (Å²) >= 11 is 6.20. The molecule has 1 aromatic heterocycles. The van der Waals surface area contributed by atoms with Gasteiger partial charge in [0.25, 0.3) is 0 Å². The van der Waals surface area contributed by atoms with E-state index >= 15 is 0 Å². The van der Waals surface area contributed by atoms with Crippen LogP contribution in [0.15, 0.2) is 0 Å². The molecule has 4 nitrogen and oxygen atoms in total. The summed E-state index contributed by atoms with van der Waals surface area (Å²) in [5.41, 5.74) is 0.826. The van der Waals surface area contributed by atoms with Crippen molar-refractivity contribution >= 4 is 17.4 Å². The molecule has 19 heavy (non-hydrogen) atoms. The van der Waals surface area contributed by atoms with Crippen molar-refractivity contribution in [2.45, 2.75) is 52.0 Å². The molecule has 1 aliphatic heterocycles. The van der Waals surface area contributed by atoms with Gasteiger partial charge < -0.3 is 10.1 Å². The minimum atomic E-state index is -0.0745. The number of halogens is 1. The standard InChI is InChI=1S/C14H22ClN3O/c1-9(2)12-16-11(15)10(3)13(17-12)18-14(4)6-5-7-19-8-14/h9H,5-8H2,1-4H3,(H,16,17,18). The third-order valence-corrected chi connectivity index (χ3v) is 3.85. The Morgan fingerprint density at radius 1 is 1.37 bits per heavy atom. The topological polar surface area (TPSA) is 47.0 Å². The van der Waals surface area contributed by atoms with Crippen molar-refractivity contribution in [3.63, 3.8) is 0 Å². The summed E-state index contributed by atoms with van der Waals surface area (Å²) in [6.45, 7) is 9.79. The average Bonchev–Trinajstić information content (AvgIpc) is 2.35. The van der Waals surface area contributed by atoms with Gasteiger partial charge in [-0.25, -0.2) is 9.97 Å². The van der Waals surface area contributed by atoms with Crippen LogP contribution >= 0.6 is 11.6 Å².